The predicted molar refractivity (Wildman–Crippen MR) is 70.7 cm³/mol. The molecular weight excluding hydrogens is 246 g/mol. The van der Waals surface area contributed by atoms with Crippen molar-refractivity contribution in [2.24, 2.45) is 10.9 Å². The lowest BCUT2D eigenvalue weighted by Crippen LogP contribution is -2.23. The smallest absolute Gasteiger partial charge is 0.225 e. The summed E-state index contributed by atoms with van der Waals surface area (Å²) in [6.45, 7) is 2.34. The highest BCUT2D eigenvalue weighted by Crippen LogP contribution is 2.27. The van der Waals surface area contributed by atoms with Gasteiger partial charge in [0.15, 0.2) is 5.84 Å². The molecule has 1 heterocycles. The van der Waals surface area contributed by atoms with Crippen molar-refractivity contribution >= 4 is 5.84 Å². The number of amidine groups is 1. The summed E-state index contributed by atoms with van der Waals surface area (Å²) in [4.78, 5) is 4.49. The first-order valence-electron chi connectivity index (χ1n) is 6.32. The molecule has 0 fully saturated rings. The average Bonchev–Trinajstić information content (AvgIpc) is 2.84. The van der Waals surface area contributed by atoms with E-state index in [1.807, 2.05) is 13.0 Å². The molecule has 0 saturated heterocycles. The first-order valence-corrected chi connectivity index (χ1v) is 6.32. The fraction of sp³-hybridized carbons (Fsp3) is 0.538. The summed E-state index contributed by atoms with van der Waals surface area (Å²) in [7, 11) is 1.61. The molecule has 2 rings (SSSR count). The van der Waals surface area contributed by atoms with E-state index in [1.54, 1.807) is 7.11 Å². The molecule has 0 spiro atoms. The van der Waals surface area contributed by atoms with Gasteiger partial charge in [-0.05, 0) is 37.8 Å². The van der Waals surface area contributed by atoms with Crippen LogP contribution in [0.3, 0.4) is 0 Å². The second-order valence-electron chi connectivity index (χ2n) is 4.67. The van der Waals surface area contributed by atoms with Crippen LogP contribution in [-0.4, -0.2) is 35.8 Å². The SMILES string of the molecule is COCC(C)Oc1nc2c(cc1C(N)=NO)CCC2. The van der Waals surface area contributed by atoms with E-state index in [4.69, 9.17) is 20.4 Å². The number of rotatable bonds is 5. The molecule has 0 aliphatic heterocycles. The lowest BCUT2D eigenvalue weighted by Gasteiger charge is -2.16. The summed E-state index contributed by atoms with van der Waals surface area (Å²) in [5.74, 6) is 0.419. The van der Waals surface area contributed by atoms with Crippen molar-refractivity contribution in [2.75, 3.05) is 13.7 Å². The Morgan fingerprint density at radius 2 is 2.37 bits per heavy atom. The average molecular weight is 265 g/mol. The zero-order valence-electron chi connectivity index (χ0n) is 11.2. The number of pyridine rings is 1. The highest BCUT2D eigenvalue weighted by Gasteiger charge is 2.20. The third-order valence-electron chi connectivity index (χ3n) is 3.11. The standard InChI is InChI=1S/C13H19N3O3/c1-8(7-18-2)19-13-10(12(14)16-17)6-9-4-3-5-11(9)15-13/h6,8,17H,3-5,7H2,1-2H3,(H2,14,16). The Balaban J connectivity index is 2.34. The number of ether oxygens (including phenoxy) is 2. The largest absolute Gasteiger partial charge is 0.472 e. The quantitative estimate of drug-likeness (QED) is 0.360. The number of fused-ring (bicyclic) bond motifs is 1. The Bertz CT molecular complexity index is 488. The third kappa shape index (κ3) is 2.96. The van der Waals surface area contributed by atoms with Crippen molar-refractivity contribution in [1.82, 2.24) is 4.98 Å². The van der Waals surface area contributed by atoms with Gasteiger partial charge in [0.2, 0.25) is 5.88 Å². The van der Waals surface area contributed by atoms with E-state index in [2.05, 4.69) is 10.1 Å². The van der Waals surface area contributed by atoms with Gasteiger partial charge in [-0.1, -0.05) is 5.16 Å². The molecule has 6 heteroatoms. The fourth-order valence-corrected chi connectivity index (χ4v) is 2.24. The number of methoxy groups -OCH3 is 1. The second-order valence-corrected chi connectivity index (χ2v) is 4.67. The molecule has 0 amide bonds. The monoisotopic (exact) mass is 265 g/mol. The van der Waals surface area contributed by atoms with E-state index < -0.39 is 0 Å². The lowest BCUT2D eigenvalue weighted by molar-refractivity contribution is 0.0887. The van der Waals surface area contributed by atoms with Crippen molar-refractivity contribution in [1.29, 1.82) is 0 Å². The highest BCUT2D eigenvalue weighted by atomic mass is 16.5. The highest BCUT2D eigenvalue weighted by molar-refractivity contribution is 5.99. The molecule has 0 saturated carbocycles. The van der Waals surface area contributed by atoms with E-state index >= 15 is 0 Å². The molecule has 0 aromatic carbocycles. The maximum Gasteiger partial charge on any atom is 0.225 e. The van der Waals surface area contributed by atoms with E-state index in [0.717, 1.165) is 30.5 Å². The minimum absolute atomic E-state index is 0.0156. The van der Waals surface area contributed by atoms with Crippen LogP contribution in [0.4, 0.5) is 0 Å². The number of aryl methyl sites for hydroxylation is 2. The number of nitrogens with zero attached hydrogens (tertiary/aromatic N) is 2. The Morgan fingerprint density at radius 1 is 1.58 bits per heavy atom. The van der Waals surface area contributed by atoms with Gasteiger partial charge in [0, 0.05) is 12.8 Å². The number of hydrogen-bond donors (Lipinski definition) is 2. The number of nitrogens with two attached hydrogens (primary N) is 1. The van der Waals surface area contributed by atoms with Gasteiger partial charge in [0.25, 0.3) is 0 Å². The van der Waals surface area contributed by atoms with Crippen LogP contribution in [-0.2, 0) is 17.6 Å². The van der Waals surface area contributed by atoms with Crippen LogP contribution < -0.4 is 10.5 Å². The van der Waals surface area contributed by atoms with Crippen molar-refractivity contribution in [3.8, 4) is 5.88 Å². The van der Waals surface area contributed by atoms with E-state index in [1.165, 1.54) is 0 Å². The molecule has 0 radical (unpaired) electrons. The van der Waals surface area contributed by atoms with E-state index in [-0.39, 0.29) is 11.9 Å². The van der Waals surface area contributed by atoms with Gasteiger partial charge < -0.3 is 20.4 Å². The fourth-order valence-electron chi connectivity index (χ4n) is 2.24. The molecule has 1 aromatic rings. The van der Waals surface area contributed by atoms with Gasteiger partial charge in [0.05, 0.1) is 12.2 Å². The molecular formula is C13H19N3O3. The summed E-state index contributed by atoms with van der Waals surface area (Å²) < 4.78 is 10.8. The first kappa shape index (κ1) is 13.6. The minimum atomic E-state index is -0.151. The van der Waals surface area contributed by atoms with Gasteiger partial charge >= 0.3 is 0 Å². The second kappa shape index (κ2) is 5.88. The Kier molecular flexibility index (Phi) is 4.21. The minimum Gasteiger partial charge on any atom is -0.472 e. The van der Waals surface area contributed by atoms with Gasteiger partial charge in [-0.25, -0.2) is 4.98 Å². The molecule has 3 N–H and O–H groups in total. The normalized spacial score (nSPS) is 16.2. The number of hydrogen-bond acceptors (Lipinski definition) is 5. The van der Waals surface area contributed by atoms with Crippen molar-refractivity contribution in [3.05, 3.63) is 22.9 Å². The molecule has 1 aliphatic rings. The predicted octanol–water partition coefficient (Wildman–Crippen LogP) is 1.08. The zero-order valence-corrected chi connectivity index (χ0v) is 11.2. The summed E-state index contributed by atoms with van der Waals surface area (Å²) in [6.07, 6.45) is 2.85. The summed E-state index contributed by atoms with van der Waals surface area (Å²) in [5.41, 5.74) is 8.40. The molecule has 19 heavy (non-hydrogen) atoms. The van der Waals surface area contributed by atoms with Gasteiger partial charge in [0.1, 0.15) is 6.10 Å². The summed E-state index contributed by atoms with van der Waals surface area (Å²) >= 11 is 0. The van der Waals surface area contributed by atoms with Crippen molar-refractivity contribution < 1.29 is 14.7 Å². The molecule has 6 nitrogen and oxygen atoms in total. The van der Waals surface area contributed by atoms with Crippen LogP contribution in [0.5, 0.6) is 5.88 Å². The molecule has 1 unspecified atom stereocenters. The van der Waals surface area contributed by atoms with Gasteiger partial charge in [-0.2, -0.15) is 0 Å². The Labute approximate surface area is 112 Å². The van der Waals surface area contributed by atoms with Crippen molar-refractivity contribution in [2.45, 2.75) is 32.3 Å². The Morgan fingerprint density at radius 3 is 3.05 bits per heavy atom. The summed E-state index contributed by atoms with van der Waals surface area (Å²) in [5, 5.41) is 11.9. The van der Waals surface area contributed by atoms with Crippen LogP contribution in [0.2, 0.25) is 0 Å². The molecule has 104 valence electrons. The lowest BCUT2D eigenvalue weighted by atomic mass is 10.1. The van der Waals surface area contributed by atoms with Gasteiger partial charge in [-0.3, -0.25) is 0 Å². The third-order valence-corrected chi connectivity index (χ3v) is 3.11. The molecule has 1 aromatic heterocycles. The maximum atomic E-state index is 8.85. The topological polar surface area (TPSA) is 90.0 Å². The van der Waals surface area contributed by atoms with Crippen LogP contribution in [0.25, 0.3) is 0 Å². The first-order chi connectivity index (χ1) is 9.15. The molecule has 1 aliphatic carbocycles. The Hall–Kier alpha value is -1.82. The molecule has 1 atom stereocenters. The van der Waals surface area contributed by atoms with Crippen LogP contribution in [0, 0.1) is 0 Å². The van der Waals surface area contributed by atoms with E-state index in [0.29, 0.717) is 18.1 Å². The number of aromatic nitrogens is 1. The maximum absolute atomic E-state index is 8.85. The van der Waals surface area contributed by atoms with Gasteiger partial charge in [-0.15, -0.1) is 0 Å². The van der Waals surface area contributed by atoms with Crippen LogP contribution in [0.15, 0.2) is 11.2 Å². The van der Waals surface area contributed by atoms with Crippen LogP contribution >= 0.6 is 0 Å². The zero-order chi connectivity index (χ0) is 13.8. The van der Waals surface area contributed by atoms with Crippen molar-refractivity contribution in [3.63, 3.8) is 0 Å². The van der Waals surface area contributed by atoms with E-state index in [9.17, 15) is 0 Å². The van der Waals surface area contributed by atoms with Crippen LogP contribution in [0.1, 0.15) is 30.2 Å². The summed E-state index contributed by atoms with van der Waals surface area (Å²) in [6, 6.07) is 1.90. The molecule has 0 bridgehead atoms. The number of oxime groups is 1.